The number of nitrogens with zero attached hydrogens (tertiary/aromatic N) is 2. The number of carbonyl (C=O) groups is 2. The van der Waals surface area contributed by atoms with E-state index < -0.39 is 16.1 Å². The summed E-state index contributed by atoms with van der Waals surface area (Å²) in [5.41, 5.74) is 2.50. The molecule has 0 aromatic heterocycles. The lowest BCUT2D eigenvalue weighted by Gasteiger charge is -2.30. The fraction of sp³-hybridized carbons (Fsp3) is 0.481. The van der Waals surface area contributed by atoms with Gasteiger partial charge in [0.05, 0.1) is 19.1 Å². The zero-order valence-electron chi connectivity index (χ0n) is 22.2. The summed E-state index contributed by atoms with van der Waals surface area (Å²) in [6.07, 6.45) is 2.35. The first kappa shape index (κ1) is 29.2. The Bertz CT molecular complexity index is 1120. The fourth-order valence-electron chi connectivity index (χ4n) is 3.77. The molecule has 0 aliphatic carbocycles. The van der Waals surface area contributed by atoms with Crippen LogP contribution in [0.3, 0.4) is 0 Å². The second-order valence-corrected chi connectivity index (χ2v) is 11.0. The summed E-state index contributed by atoms with van der Waals surface area (Å²) in [7, 11) is -2.01. The van der Waals surface area contributed by atoms with E-state index in [2.05, 4.69) is 5.32 Å². The van der Waals surface area contributed by atoms with Crippen molar-refractivity contribution in [3.63, 3.8) is 0 Å². The van der Waals surface area contributed by atoms with Gasteiger partial charge >= 0.3 is 0 Å². The summed E-state index contributed by atoms with van der Waals surface area (Å²) in [4.78, 5) is 27.8. The van der Waals surface area contributed by atoms with E-state index in [9.17, 15) is 18.0 Å². The third kappa shape index (κ3) is 8.26. The SMILES string of the molecule is CC[C@H](C)NC(=O)[C@H](C)N(Cc1ccccc1C)C(=O)CCCN(c1ccc(OC)cc1)S(C)(=O)=O. The fourth-order valence-corrected chi connectivity index (χ4v) is 4.74. The Kier molecular flexibility index (Phi) is 10.8. The van der Waals surface area contributed by atoms with E-state index in [-0.39, 0.29) is 30.8 Å². The van der Waals surface area contributed by atoms with Crippen LogP contribution in [0, 0.1) is 6.92 Å². The number of carbonyl (C=O) groups excluding carboxylic acids is 2. The van der Waals surface area contributed by atoms with Crippen molar-refractivity contribution in [2.45, 2.75) is 65.6 Å². The van der Waals surface area contributed by atoms with Crippen LogP contribution in [-0.4, -0.2) is 57.1 Å². The van der Waals surface area contributed by atoms with Crippen LogP contribution in [0.4, 0.5) is 5.69 Å². The first-order chi connectivity index (χ1) is 17.0. The topological polar surface area (TPSA) is 96.0 Å². The molecule has 1 N–H and O–H groups in total. The Morgan fingerprint density at radius 3 is 2.25 bits per heavy atom. The molecule has 8 nitrogen and oxygen atoms in total. The van der Waals surface area contributed by atoms with E-state index in [1.165, 1.54) is 4.31 Å². The van der Waals surface area contributed by atoms with Gasteiger partial charge in [-0.15, -0.1) is 0 Å². The Labute approximate surface area is 215 Å². The highest BCUT2D eigenvalue weighted by atomic mass is 32.2. The Hall–Kier alpha value is -3.07. The molecule has 9 heteroatoms. The van der Waals surface area contributed by atoms with E-state index in [0.717, 1.165) is 23.8 Å². The third-order valence-electron chi connectivity index (χ3n) is 6.28. The number of aryl methyl sites for hydroxylation is 1. The van der Waals surface area contributed by atoms with Crippen LogP contribution in [-0.2, 0) is 26.2 Å². The minimum atomic E-state index is -3.55. The summed E-state index contributed by atoms with van der Waals surface area (Å²) >= 11 is 0. The molecule has 0 aliphatic heterocycles. The highest BCUT2D eigenvalue weighted by Crippen LogP contribution is 2.22. The van der Waals surface area contributed by atoms with E-state index >= 15 is 0 Å². The van der Waals surface area contributed by atoms with Crippen LogP contribution in [0.5, 0.6) is 5.75 Å². The number of ether oxygens (including phenoxy) is 1. The number of hydrogen-bond donors (Lipinski definition) is 1. The second kappa shape index (κ2) is 13.3. The van der Waals surface area contributed by atoms with Gasteiger partial charge in [0.1, 0.15) is 11.8 Å². The molecule has 0 aliphatic rings. The minimum absolute atomic E-state index is 0.00294. The molecule has 2 rings (SSSR count). The third-order valence-corrected chi connectivity index (χ3v) is 7.48. The van der Waals surface area contributed by atoms with Crippen molar-refractivity contribution in [1.29, 1.82) is 0 Å². The normalized spacial score (nSPS) is 12.9. The number of anilines is 1. The summed E-state index contributed by atoms with van der Waals surface area (Å²) in [6, 6.07) is 13.8. The van der Waals surface area contributed by atoms with Gasteiger partial charge in [0.2, 0.25) is 21.8 Å². The molecule has 0 radical (unpaired) electrons. The van der Waals surface area contributed by atoms with Crippen molar-refractivity contribution < 1.29 is 22.7 Å². The van der Waals surface area contributed by atoms with E-state index in [0.29, 0.717) is 24.4 Å². The van der Waals surface area contributed by atoms with Crippen LogP contribution in [0.25, 0.3) is 0 Å². The Morgan fingerprint density at radius 1 is 1.06 bits per heavy atom. The zero-order valence-corrected chi connectivity index (χ0v) is 23.0. The largest absolute Gasteiger partial charge is 0.497 e. The van der Waals surface area contributed by atoms with Crippen molar-refractivity contribution in [1.82, 2.24) is 10.2 Å². The monoisotopic (exact) mass is 517 g/mol. The van der Waals surface area contributed by atoms with Crippen molar-refractivity contribution >= 4 is 27.5 Å². The van der Waals surface area contributed by atoms with Crippen molar-refractivity contribution in [3.8, 4) is 5.75 Å². The van der Waals surface area contributed by atoms with Crippen molar-refractivity contribution in [2.75, 3.05) is 24.2 Å². The number of benzene rings is 2. The van der Waals surface area contributed by atoms with Gasteiger partial charge < -0.3 is 15.0 Å². The molecule has 2 aromatic carbocycles. The predicted molar refractivity (Wildman–Crippen MR) is 144 cm³/mol. The molecule has 0 saturated carbocycles. The molecule has 0 spiro atoms. The molecule has 0 saturated heterocycles. The maximum atomic E-state index is 13.4. The van der Waals surface area contributed by atoms with E-state index in [1.54, 1.807) is 43.2 Å². The number of methoxy groups -OCH3 is 1. The maximum Gasteiger partial charge on any atom is 0.242 e. The van der Waals surface area contributed by atoms with Crippen LogP contribution in [0.1, 0.15) is 51.2 Å². The molecule has 2 amide bonds. The highest BCUT2D eigenvalue weighted by molar-refractivity contribution is 7.92. The quantitative estimate of drug-likeness (QED) is 0.435. The van der Waals surface area contributed by atoms with E-state index in [4.69, 9.17) is 4.74 Å². The highest BCUT2D eigenvalue weighted by Gasteiger charge is 2.27. The molecule has 198 valence electrons. The zero-order chi connectivity index (χ0) is 26.9. The predicted octanol–water partition coefficient (Wildman–Crippen LogP) is 3.88. The number of amides is 2. The maximum absolute atomic E-state index is 13.4. The first-order valence-corrected chi connectivity index (χ1v) is 14.1. The standard InChI is InChI=1S/C27H39N3O5S/c1-7-21(3)28-27(32)22(4)29(19-23-12-9-8-11-20(23)2)26(31)13-10-18-30(36(6,33)34)24-14-16-25(35-5)17-15-24/h8-9,11-12,14-17,21-22H,7,10,13,18-19H2,1-6H3,(H,28,32)/t21-,22-/m0/s1. The molecule has 0 fully saturated rings. The lowest BCUT2D eigenvalue weighted by molar-refractivity contribution is -0.140. The number of rotatable bonds is 13. The van der Waals surface area contributed by atoms with Crippen LogP contribution in [0.2, 0.25) is 0 Å². The number of hydrogen-bond acceptors (Lipinski definition) is 5. The number of nitrogens with one attached hydrogen (secondary N) is 1. The van der Waals surface area contributed by atoms with E-state index in [1.807, 2.05) is 45.0 Å². The summed E-state index contributed by atoms with van der Waals surface area (Å²) in [5, 5.41) is 2.96. The lowest BCUT2D eigenvalue weighted by Crippen LogP contribution is -2.49. The minimum Gasteiger partial charge on any atom is -0.497 e. The van der Waals surface area contributed by atoms with Gasteiger partial charge in [-0.05, 0) is 69.0 Å². The average molecular weight is 518 g/mol. The van der Waals surface area contributed by atoms with Gasteiger partial charge in [-0.1, -0.05) is 31.2 Å². The average Bonchev–Trinajstić information content (AvgIpc) is 2.84. The Balaban J connectivity index is 2.18. The van der Waals surface area contributed by atoms with Gasteiger partial charge in [-0.2, -0.15) is 0 Å². The van der Waals surface area contributed by atoms with Gasteiger partial charge in [0.15, 0.2) is 0 Å². The molecule has 0 bridgehead atoms. The smallest absolute Gasteiger partial charge is 0.242 e. The van der Waals surface area contributed by atoms with Crippen molar-refractivity contribution in [3.05, 3.63) is 59.7 Å². The lowest BCUT2D eigenvalue weighted by atomic mass is 10.1. The first-order valence-electron chi connectivity index (χ1n) is 12.2. The summed E-state index contributed by atoms with van der Waals surface area (Å²) in [6.45, 7) is 8.06. The molecule has 2 aromatic rings. The molecular weight excluding hydrogens is 478 g/mol. The number of sulfonamides is 1. The molecule has 0 unspecified atom stereocenters. The molecule has 2 atom stereocenters. The van der Waals surface area contributed by atoms with Crippen LogP contribution < -0.4 is 14.4 Å². The van der Waals surface area contributed by atoms with Crippen molar-refractivity contribution in [2.24, 2.45) is 0 Å². The molecular formula is C27H39N3O5S. The molecule has 36 heavy (non-hydrogen) atoms. The second-order valence-electron chi connectivity index (χ2n) is 9.08. The Morgan fingerprint density at radius 2 is 1.69 bits per heavy atom. The van der Waals surface area contributed by atoms with Gasteiger partial charge in [0.25, 0.3) is 0 Å². The van der Waals surface area contributed by atoms with Gasteiger partial charge in [-0.25, -0.2) is 8.42 Å². The summed E-state index contributed by atoms with van der Waals surface area (Å²) in [5.74, 6) is 0.217. The van der Waals surface area contributed by atoms with Crippen LogP contribution >= 0.6 is 0 Å². The van der Waals surface area contributed by atoms with Gasteiger partial charge in [0, 0.05) is 25.6 Å². The summed E-state index contributed by atoms with van der Waals surface area (Å²) < 4.78 is 31.3. The molecule has 0 heterocycles. The van der Waals surface area contributed by atoms with Gasteiger partial charge in [-0.3, -0.25) is 13.9 Å². The van der Waals surface area contributed by atoms with Crippen LogP contribution in [0.15, 0.2) is 48.5 Å².